The summed E-state index contributed by atoms with van der Waals surface area (Å²) in [6.07, 6.45) is 7.18. The Morgan fingerprint density at radius 1 is 1.19 bits per heavy atom. The maximum atomic E-state index is 11.7. The van der Waals surface area contributed by atoms with Gasteiger partial charge in [-0.3, -0.25) is 10.1 Å². The molecule has 0 aromatic heterocycles. The van der Waals surface area contributed by atoms with Crippen molar-refractivity contribution < 1.29 is 13.3 Å². The molecule has 2 atom stereocenters. The number of halogens is 1. The lowest BCUT2D eigenvalue weighted by Crippen LogP contribution is -2.30. The molecule has 32 heavy (non-hydrogen) atoms. The smallest absolute Gasteiger partial charge is 0.293 e. The van der Waals surface area contributed by atoms with Gasteiger partial charge in [0.05, 0.1) is 15.9 Å². The Morgan fingerprint density at radius 2 is 1.84 bits per heavy atom. The van der Waals surface area contributed by atoms with Gasteiger partial charge in [-0.15, -0.1) is 0 Å². The Morgan fingerprint density at radius 3 is 2.41 bits per heavy atom. The quantitative estimate of drug-likeness (QED) is 0.411. The van der Waals surface area contributed by atoms with Crippen molar-refractivity contribution in [3.63, 3.8) is 0 Å². The van der Waals surface area contributed by atoms with Crippen molar-refractivity contribution in [2.75, 3.05) is 5.32 Å². The van der Waals surface area contributed by atoms with Crippen LogP contribution in [0, 0.1) is 15.5 Å². The van der Waals surface area contributed by atoms with Gasteiger partial charge in [-0.1, -0.05) is 62.7 Å². The molecule has 0 aliphatic heterocycles. The molecule has 0 radical (unpaired) electrons. The zero-order valence-electron chi connectivity index (χ0n) is 18.1. The van der Waals surface area contributed by atoms with E-state index in [-0.39, 0.29) is 33.6 Å². The zero-order valence-corrected chi connectivity index (χ0v) is 19.7. The number of sulfonamides is 1. The molecule has 0 bridgehead atoms. The Hall–Kier alpha value is -2.68. The van der Waals surface area contributed by atoms with E-state index in [2.05, 4.69) is 31.3 Å². The molecule has 170 valence electrons. The van der Waals surface area contributed by atoms with Gasteiger partial charge >= 0.3 is 0 Å². The number of nitrogens with zero attached hydrogens (tertiary/aromatic N) is 1. The first kappa shape index (κ1) is 24.0. The second-order valence-corrected chi connectivity index (χ2v) is 10.7. The lowest BCUT2D eigenvalue weighted by atomic mass is 9.78. The number of benzene rings is 2. The standard InChI is InChI=1S/C23H26ClN3O4S/c1-15(16-6-8-18(24)9-7-16)22(17-5-4-12-23(2,3)14-17)26-20-11-10-19(32(25,30)31)13-21(20)27(28)29/h4-11,13-15,22,26H,12H2,1-3H3,(H2,25,30,31). The average Bonchev–Trinajstić information content (AvgIpc) is 2.70. The van der Waals surface area contributed by atoms with Crippen LogP contribution in [0.25, 0.3) is 0 Å². The number of hydrogen-bond donors (Lipinski definition) is 2. The van der Waals surface area contributed by atoms with Crippen LogP contribution in [0.3, 0.4) is 0 Å². The summed E-state index contributed by atoms with van der Waals surface area (Å²) in [4.78, 5) is 10.8. The second-order valence-electron chi connectivity index (χ2n) is 8.68. The van der Waals surface area contributed by atoms with Gasteiger partial charge < -0.3 is 5.32 Å². The fraction of sp³-hybridized carbons (Fsp3) is 0.304. The first-order valence-corrected chi connectivity index (χ1v) is 12.0. The molecule has 2 aromatic rings. The lowest BCUT2D eigenvalue weighted by molar-refractivity contribution is -0.384. The Bertz CT molecular complexity index is 1190. The molecular weight excluding hydrogens is 450 g/mol. The third kappa shape index (κ3) is 5.56. The van der Waals surface area contributed by atoms with Crippen LogP contribution in [0.1, 0.15) is 38.7 Å². The number of nitrogens with two attached hydrogens (primary N) is 1. The van der Waals surface area contributed by atoms with Gasteiger partial charge in [0.1, 0.15) is 5.69 Å². The Kier molecular flexibility index (Phi) is 6.78. The molecule has 0 saturated heterocycles. The molecule has 0 fully saturated rings. The van der Waals surface area contributed by atoms with Crippen molar-refractivity contribution in [1.82, 2.24) is 0 Å². The summed E-state index contributed by atoms with van der Waals surface area (Å²) >= 11 is 6.05. The number of nitro benzene ring substituents is 1. The maximum Gasteiger partial charge on any atom is 0.293 e. The van der Waals surface area contributed by atoms with Crippen LogP contribution in [0.15, 0.2) is 71.2 Å². The average molecular weight is 476 g/mol. The van der Waals surface area contributed by atoms with Crippen LogP contribution in [0.4, 0.5) is 11.4 Å². The van der Waals surface area contributed by atoms with Crippen molar-refractivity contribution in [3.05, 3.63) is 87.0 Å². The number of nitrogens with one attached hydrogen (secondary N) is 1. The van der Waals surface area contributed by atoms with Crippen molar-refractivity contribution in [2.45, 2.75) is 44.0 Å². The molecule has 1 aliphatic carbocycles. The molecule has 1 aliphatic rings. The summed E-state index contributed by atoms with van der Waals surface area (Å²) < 4.78 is 23.4. The molecule has 0 saturated carbocycles. The molecule has 3 N–H and O–H groups in total. The SMILES string of the molecule is CC(c1ccc(Cl)cc1)C(Nc1ccc(S(N)(=O)=O)cc1[N+](=O)[O-])C1=CC(C)(C)CC=C1. The summed E-state index contributed by atoms with van der Waals surface area (Å²) in [5, 5.41) is 20.8. The molecule has 7 nitrogen and oxygen atoms in total. The summed E-state index contributed by atoms with van der Waals surface area (Å²) in [6, 6.07) is 10.8. The van der Waals surface area contributed by atoms with Gasteiger partial charge in [0.2, 0.25) is 10.0 Å². The largest absolute Gasteiger partial charge is 0.372 e. The van der Waals surface area contributed by atoms with E-state index in [4.69, 9.17) is 16.7 Å². The molecule has 9 heteroatoms. The van der Waals surface area contributed by atoms with E-state index in [1.54, 1.807) is 0 Å². The van der Waals surface area contributed by atoms with Crippen molar-refractivity contribution in [1.29, 1.82) is 0 Å². The topological polar surface area (TPSA) is 115 Å². The second kappa shape index (κ2) is 9.05. The molecule has 3 rings (SSSR count). The van der Waals surface area contributed by atoms with E-state index < -0.39 is 14.9 Å². The van der Waals surface area contributed by atoms with E-state index in [1.807, 2.05) is 37.3 Å². The number of hydrogen-bond acceptors (Lipinski definition) is 5. The van der Waals surface area contributed by atoms with Crippen LogP contribution in [-0.2, 0) is 10.0 Å². The minimum Gasteiger partial charge on any atom is -0.372 e. The van der Waals surface area contributed by atoms with Crippen molar-refractivity contribution >= 4 is 33.0 Å². The fourth-order valence-corrected chi connectivity index (χ4v) is 4.49. The number of allylic oxidation sites excluding steroid dienone is 2. The monoisotopic (exact) mass is 475 g/mol. The summed E-state index contributed by atoms with van der Waals surface area (Å²) in [7, 11) is -4.07. The van der Waals surface area contributed by atoms with Gasteiger partial charge in [0.25, 0.3) is 5.69 Å². The van der Waals surface area contributed by atoms with E-state index in [9.17, 15) is 18.5 Å². The van der Waals surface area contributed by atoms with Gasteiger partial charge in [-0.05, 0) is 47.2 Å². The van der Waals surface area contributed by atoms with E-state index in [0.29, 0.717) is 5.02 Å². The third-order valence-electron chi connectivity index (χ3n) is 5.57. The fourth-order valence-electron chi connectivity index (χ4n) is 3.84. The van der Waals surface area contributed by atoms with Crippen LogP contribution in [-0.4, -0.2) is 19.4 Å². The van der Waals surface area contributed by atoms with Crippen LogP contribution >= 0.6 is 11.6 Å². The van der Waals surface area contributed by atoms with Crippen molar-refractivity contribution in [2.24, 2.45) is 10.6 Å². The molecular formula is C23H26ClN3O4S. The van der Waals surface area contributed by atoms with E-state index in [0.717, 1.165) is 23.6 Å². The van der Waals surface area contributed by atoms with Crippen LogP contribution in [0.2, 0.25) is 5.02 Å². The summed E-state index contributed by atoms with van der Waals surface area (Å²) in [5.41, 5.74) is 1.80. The Labute approximate surface area is 193 Å². The normalized spacial score (nSPS) is 17.3. The molecule has 2 unspecified atom stereocenters. The summed E-state index contributed by atoms with van der Waals surface area (Å²) in [5.74, 6) is -0.0745. The maximum absolute atomic E-state index is 11.7. The first-order chi connectivity index (χ1) is 14.9. The highest BCUT2D eigenvalue weighted by atomic mass is 35.5. The van der Waals surface area contributed by atoms with Crippen molar-refractivity contribution in [3.8, 4) is 0 Å². The highest BCUT2D eigenvalue weighted by Gasteiger charge is 2.29. The van der Waals surface area contributed by atoms with Gasteiger partial charge in [-0.25, -0.2) is 13.6 Å². The molecule has 0 spiro atoms. The summed E-state index contributed by atoms with van der Waals surface area (Å²) in [6.45, 7) is 6.29. The van der Waals surface area contributed by atoms with E-state index in [1.165, 1.54) is 12.1 Å². The van der Waals surface area contributed by atoms with Gasteiger partial charge in [0, 0.05) is 17.0 Å². The molecule has 2 aromatic carbocycles. The molecule has 0 amide bonds. The Balaban J connectivity index is 2.08. The van der Waals surface area contributed by atoms with Gasteiger partial charge in [-0.2, -0.15) is 0 Å². The highest BCUT2D eigenvalue weighted by Crippen LogP contribution is 2.37. The highest BCUT2D eigenvalue weighted by molar-refractivity contribution is 7.89. The van der Waals surface area contributed by atoms with Crippen LogP contribution < -0.4 is 10.5 Å². The predicted octanol–water partition coefficient (Wildman–Crippen LogP) is 5.39. The zero-order chi connectivity index (χ0) is 23.7. The first-order valence-electron chi connectivity index (χ1n) is 10.1. The number of primary sulfonamides is 1. The van der Waals surface area contributed by atoms with Gasteiger partial charge in [0.15, 0.2) is 0 Å². The van der Waals surface area contributed by atoms with Crippen LogP contribution in [0.5, 0.6) is 0 Å². The lowest BCUT2D eigenvalue weighted by Gasteiger charge is -2.32. The minimum absolute atomic E-state index is 0.0624. The number of nitro groups is 1. The minimum atomic E-state index is -4.07. The number of anilines is 1. The van der Waals surface area contributed by atoms with E-state index >= 15 is 0 Å². The third-order valence-corrected chi connectivity index (χ3v) is 6.73. The molecule has 0 heterocycles. The number of rotatable bonds is 7. The predicted molar refractivity (Wildman–Crippen MR) is 127 cm³/mol.